The van der Waals surface area contributed by atoms with E-state index in [1.54, 1.807) is 0 Å². The monoisotopic (exact) mass is 283 g/mol. The second-order valence-corrected chi connectivity index (χ2v) is 6.23. The fourth-order valence-corrected chi connectivity index (χ4v) is 3.03. The minimum absolute atomic E-state index is 0.0890. The number of amides is 1. The summed E-state index contributed by atoms with van der Waals surface area (Å²) < 4.78 is 0. The molecule has 0 heterocycles. The number of carboxylic acids is 1. The Kier molecular flexibility index (Phi) is 7.03. The zero-order valence-electron chi connectivity index (χ0n) is 13.1. The van der Waals surface area contributed by atoms with Crippen LogP contribution in [-0.2, 0) is 9.59 Å². The maximum absolute atomic E-state index is 12.6. The molecule has 2 atom stereocenters. The predicted octanol–water partition coefficient (Wildman–Crippen LogP) is 3.30. The highest BCUT2D eigenvalue weighted by molar-refractivity contribution is 5.80. The van der Waals surface area contributed by atoms with Crippen molar-refractivity contribution >= 4 is 11.9 Å². The third-order valence-electron chi connectivity index (χ3n) is 4.28. The molecule has 2 unspecified atom stereocenters. The SMILES string of the molecule is CCCCCN(C(=O)C1CCCC(C(=O)O)C1)C(C)C. The van der Waals surface area contributed by atoms with Crippen LogP contribution in [0.25, 0.3) is 0 Å². The molecule has 116 valence electrons. The van der Waals surface area contributed by atoms with Gasteiger partial charge < -0.3 is 10.0 Å². The summed E-state index contributed by atoms with van der Waals surface area (Å²) in [6.07, 6.45) is 6.26. The number of hydrogen-bond donors (Lipinski definition) is 1. The maximum Gasteiger partial charge on any atom is 0.306 e. The third-order valence-corrected chi connectivity index (χ3v) is 4.28. The van der Waals surface area contributed by atoms with E-state index in [4.69, 9.17) is 5.11 Å². The van der Waals surface area contributed by atoms with Crippen LogP contribution >= 0.6 is 0 Å². The van der Waals surface area contributed by atoms with Gasteiger partial charge in [0.25, 0.3) is 0 Å². The van der Waals surface area contributed by atoms with Crippen LogP contribution in [-0.4, -0.2) is 34.5 Å². The molecule has 1 saturated carbocycles. The number of carbonyl (C=O) groups excluding carboxylic acids is 1. The van der Waals surface area contributed by atoms with Crippen molar-refractivity contribution in [3.8, 4) is 0 Å². The van der Waals surface area contributed by atoms with Crippen LogP contribution in [0.4, 0.5) is 0 Å². The Morgan fingerprint density at radius 3 is 2.40 bits per heavy atom. The van der Waals surface area contributed by atoms with Gasteiger partial charge in [0.05, 0.1) is 5.92 Å². The number of carbonyl (C=O) groups is 2. The average Bonchev–Trinajstić information content (AvgIpc) is 2.42. The molecule has 1 rings (SSSR count). The molecule has 1 N–H and O–H groups in total. The Hall–Kier alpha value is -1.06. The molecule has 0 bridgehead atoms. The van der Waals surface area contributed by atoms with Crippen molar-refractivity contribution in [2.45, 2.75) is 71.8 Å². The number of hydrogen-bond acceptors (Lipinski definition) is 2. The maximum atomic E-state index is 12.6. The summed E-state index contributed by atoms with van der Waals surface area (Å²) in [5.74, 6) is -0.997. The molecule has 0 aliphatic heterocycles. The summed E-state index contributed by atoms with van der Waals surface area (Å²) >= 11 is 0. The van der Waals surface area contributed by atoms with Crippen molar-refractivity contribution < 1.29 is 14.7 Å². The minimum atomic E-state index is -0.746. The largest absolute Gasteiger partial charge is 0.481 e. The van der Waals surface area contributed by atoms with Crippen molar-refractivity contribution in [1.29, 1.82) is 0 Å². The van der Waals surface area contributed by atoms with Crippen LogP contribution in [0.3, 0.4) is 0 Å². The van der Waals surface area contributed by atoms with Gasteiger partial charge in [0.1, 0.15) is 0 Å². The molecular formula is C16H29NO3. The number of rotatable bonds is 7. The molecule has 0 spiro atoms. The lowest BCUT2D eigenvalue weighted by Crippen LogP contribution is -2.43. The molecule has 0 aromatic rings. The van der Waals surface area contributed by atoms with Crippen molar-refractivity contribution in [1.82, 2.24) is 4.90 Å². The lowest BCUT2D eigenvalue weighted by molar-refractivity contribution is -0.146. The molecule has 1 aliphatic carbocycles. The van der Waals surface area contributed by atoms with Gasteiger partial charge in [0, 0.05) is 18.5 Å². The minimum Gasteiger partial charge on any atom is -0.481 e. The molecule has 4 heteroatoms. The van der Waals surface area contributed by atoms with Crippen LogP contribution in [0.5, 0.6) is 0 Å². The number of unbranched alkanes of at least 4 members (excludes halogenated alkanes) is 2. The number of aliphatic carboxylic acids is 1. The van der Waals surface area contributed by atoms with E-state index < -0.39 is 5.97 Å². The van der Waals surface area contributed by atoms with Gasteiger partial charge in [-0.05, 0) is 39.5 Å². The Morgan fingerprint density at radius 2 is 1.85 bits per heavy atom. The second-order valence-electron chi connectivity index (χ2n) is 6.23. The molecule has 0 saturated heterocycles. The standard InChI is InChI=1S/C16H29NO3/c1-4-5-6-10-17(12(2)3)15(18)13-8-7-9-14(11-13)16(19)20/h12-14H,4-11H2,1-3H3,(H,19,20). The summed E-state index contributed by atoms with van der Waals surface area (Å²) in [6, 6.07) is 0.199. The summed E-state index contributed by atoms with van der Waals surface area (Å²) in [5, 5.41) is 9.13. The van der Waals surface area contributed by atoms with Crippen LogP contribution in [0.1, 0.15) is 65.7 Å². The fraction of sp³-hybridized carbons (Fsp3) is 0.875. The number of nitrogens with zero attached hydrogens (tertiary/aromatic N) is 1. The van der Waals surface area contributed by atoms with Gasteiger partial charge in [-0.3, -0.25) is 9.59 Å². The first-order valence-electron chi connectivity index (χ1n) is 8.00. The molecule has 0 radical (unpaired) electrons. The van der Waals surface area contributed by atoms with E-state index in [2.05, 4.69) is 6.92 Å². The fourth-order valence-electron chi connectivity index (χ4n) is 3.03. The Labute approximate surface area is 122 Å². The first kappa shape index (κ1) is 17.0. The highest BCUT2D eigenvalue weighted by atomic mass is 16.4. The van der Waals surface area contributed by atoms with Gasteiger partial charge in [0.2, 0.25) is 5.91 Å². The molecule has 1 aliphatic rings. The van der Waals surface area contributed by atoms with E-state index >= 15 is 0 Å². The quantitative estimate of drug-likeness (QED) is 0.729. The van der Waals surface area contributed by atoms with Gasteiger partial charge in [-0.15, -0.1) is 0 Å². The molecule has 4 nitrogen and oxygen atoms in total. The first-order chi connectivity index (χ1) is 9.47. The zero-order valence-corrected chi connectivity index (χ0v) is 13.1. The Morgan fingerprint density at radius 1 is 1.20 bits per heavy atom. The normalized spacial score (nSPS) is 22.8. The van der Waals surface area contributed by atoms with Crippen molar-refractivity contribution in [2.75, 3.05) is 6.54 Å². The van der Waals surface area contributed by atoms with Crippen LogP contribution < -0.4 is 0 Å². The first-order valence-corrected chi connectivity index (χ1v) is 8.00. The summed E-state index contributed by atoms with van der Waals surface area (Å²) in [4.78, 5) is 25.7. The summed E-state index contributed by atoms with van der Waals surface area (Å²) in [6.45, 7) is 7.04. The topological polar surface area (TPSA) is 57.6 Å². The molecule has 1 fully saturated rings. The van der Waals surface area contributed by atoms with Gasteiger partial charge in [0.15, 0.2) is 0 Å². The number of carboxylic acid groups (broad SMARTS) is 1. The highest BCUT2D eigenvalue weighted by Crippen LogP contribution is 2.31. The molecule has 1 amide bonds. The molecule has 0 aromatic heterocycles. The Balaban J connectivity index is 2.61. The van der Waals surface area contributed by atoms with E-state index in [9.17, 15) is 9.59 Å². The van der Waals surface area contributed by atoms with E-state index in [-0.39, 0.29) is 23.8 Å². The smallest absolute Gasteiger partial charge is 0.306 e. The van der Waals surface area contributed by atoms with Crippen molar-refractivity contribution in [3.63, 3.8) is 0 Å². The Bertz CT molecular complexity index is 328. The van der Waals surface area contributed by atoms with Gasteiger partial charge >= 0.3 is 5.97 Å². The zero-order chi connectivity index (χ0) is 15.1. The molecule has 20 heavy (non-hydrogen) atoms. The van der Waals surface area contributed by atoms with Crippen LogP contribution in [0.2, 0.25) is 0 Å². The van der Waals surface area contributed by atoms with Crippen molar-refractivity contribution in [2.24, 2.45) is 11.8 Å². The lowest BCUT2D eigenvalue weighted by atomic mass is 9.80. The summed E-state index contributed by atoms with van der Waals surface area (Å²) in [5.41, 5.74) is 0. The van der Waals surface area contributed by atoms with Gasteiger partial charge in [-0.25, -0.2) is 0 Å². The lowest BCUT2D eigenvalue weighted by Gasteiger charge is -2.33. The highest BCUT2D eigenvalue weighted by Gasteiger charge is 2.33. The second kappa shape index (κ2) is 8.28. The van der Waals surface area contributed by atoms with Crippen molar-refractivity contribution in [3.05, 3.63) is 0 Å². The van der Waals surface area contributed by atoms with E-state index in [1.165, 1.54) is 0 Å². The van der Waals surface area contributed by atoms with E-state index in [1.807, 2.05) is 18.7 Å². The van der Waals surface area contributed by atoms with Crippen LogP contribution in [0, 0.1) is 11.8 Å². The molecular weight excluding hydrogens is 254 g/mol. The van der Waals surface area contributed by atoms with Gasteiger partial charge in [-0.1, -0.05) is 26.2 Å². The third kappa shape index (κ3) is 4.80. The summed E-state index contributed by atoms with van der Waals surface area (Å²) in [7, 11) is 0. The van der Waals surface area contributed by atoms with E-state index in [0.717, 1.165) is 45.1 Å². The van der Waals surface area contributed by atoms with Gasteiger partial charge in [-0.2, -0.15) is 0 Å². The molecule has 0 aromatic carbocycles. The average molecular weight is 283 g/mol. The van der Waals surface area contributed by atoms with Crippen LogP contribution in [0.15, 0.2) is 0 Å². The predicted molar refractivity (Wildman–Crippen MR) is 79.5 cm³/mol. The van der Waals surface area contributed by atoms with E-state index in [0.29, 0.717) is 6.42 Å².